The lowest BCUT2D eigenvalue weighted by Crippen LogP contribution is -1.91. The second-order valence-electron chi connectivity index (χ2n) is 2.96. The number of ether oxygens (including phenoxy) is 1. The van der Waals surface area contributed by atoms with Crippen molar-refractivity contribution >= 4 is 0 Å². The van der Waals surface area contributed by atoms with Crippen molar-refractivity contribution in [3.05, 3.63) is 47.7 Å². The van der Waals surface area contributed by atoms with Crippen LogP contribution >= 0.6 is 0 Å². The minimum absolute atomic E-state index is 0.691. The van der Waals surface area contributed by atoms with Crippen molar-refractivity contribution in [2.45, 2.75) is 12.8 Å². The molecule has 0 unspecified atom stereocenters. The van der Waals surface area contributed by atoms with Gasteiger partial charge in [-0.15, -0.1) is 12.3 Å². The molecule has 0 radical (unpaired) electrons. The van der Waals surface area contributed by atoms with E-state index in [0.717, 1.165) is 6.42 Å². The summed E-state index contributed by atoms with van der Waals surface area (Å²) < 4.78 is 4.84. The zero-order valence-corrected chi connectivity index (χ0v) is 8.36. The van der Waals surface area contributed by atoms with Crippen molar-refractivity contribution < 1.29 is 4.74 Å². The number of hydrogen-bond donors (Lipinski definition) is 0. The number of terminal acetylenes is 1. The fourth-order valence-electron chi connectivity index (χ4n) is 1.31. The molecule has 1 heteroatoms. The maximum absolute atomic E-state index is 5.29. The van der Waals surface area contributed by atoms with Gasteiger partial charge in [-0.25, -0.2) is 0 Å². The summed E-state index contributed by atoms with van der Waals surface area (Å²) in [5.74, 6) is 2.66. The molecular weight excluding hydrogens is 172 g/mol. The molecule has 0 bridgehead atoms. The summed E-state index contributed by atoms with van der Waals surface area (Å²) in [5.41, 5.74) is 2.48. The Bertz CT molecular complexity index is 344. The Morgan fingerprint density at radius 2 is 2.07 bits per heavy atom. The SMILES string of the molecule is C#CCc1ccccc1C/C=C/OC. The van der Waals surface area contributed by atoms with Gasteiger partial charge in [-0.1, -0.05) is 24.3 Å². The number of hydrogen-bond acceptors (Lipinski definition) is 1. The van der Waals surface area contributed by atoms with E-state index in [9.17, 15) is 0 Å². The Morgan fingerprint density at radius 1 is 1.36 bits per heavy atom. The number of benzene rings is 1. The largest absolute Gasteiger partial charge is 0.505 e. The first-order valence-electron chi connectivity index (χ1n) is 4.56. The van der Waals surface area contributed by atoms with E-state index >= 15 is 0 Å². The van der Waals surface area contributed by atoms with Crippen LogP contribution in [0.4, 0.5) is 0 Å². The Hall–Kier alpha value is -1.68. The van der Waals surface area contributed by atoms with Crippen LogP contribution in [0.25, 0.3) is 0 Å². The summed E-state index contributed by atoms with van der Waals surface area (Å²) in [4.78, 5) is 0. The minimum atomic E-state index is 0.691. The summed E-state index contributed by atoms with van der Waals surface area (Å²) in [6.45, 7) is 0. The topological polar surface area (TPSA) is 9.23 Å². The van der Waals surface area contributed by atoms with E-state index in [1.807, 2.05) is 18.2 Å². The molecule has 72 valence electrons. The van der Waals surface area contributed by atoms with Crippen molar-refractivity contribution in [2.75, 3.05) is 7.11 Å². The molecule has 0 aliphatic rings. The van der Waals surface area contributed by atoms with Crippen LogP contribution in [-0.4, -0.2) is 7.11 Å². The molecular formula is C13H14O. The van der Waals surface area contributed by atoms with Gasteiger partial charge in [-0.05, 0) is 23.6 Å². The molecule has 0 saturated carbocycles. The van der Waals surface area contributed by atoms with Gasteiger partial charge >= 0.3 is 0 Å². The number of rotatable bonds is 4. The van der Waals surface area contributed by atoms with Crippen LogP contribution < -0.4 is 0 Å². The molecule has 1 aromatic rings. The first kappa shape index (κ1) is 10.4. The third-order valence-electron chi connectivity index (χ3n) is 1.98. The zero-order valence-electron chi connectivity index (χ0n) is 8.36. The average molecular weight is 186 g/mol. The van der Waals surface area contributed by atoms with Gasteiger partial charge in [0.05, 0.1) is 13.4 Å². The third kappa shape index (κ3) is 2.99. The number of allylic oxidation sites excluding steroid dienone is 1. The first-order chi connectivity index (χ1) is 6.88. The highest BCUT2D eigenvalue weighted by Crippen LogP contribution is 2.10. The summed E-state index contributed by atoms with van der Waals surface area (Å²) in [6.07, 6.45) is 10.5. The molecule has 0 aliphatic heterocycles. The van der Waals surface area contributed by atoms with Crippen molar-refractivity contribution in [1.29, 1.82) is 0 Å². The Morgan fingerprint density at radius 3 is 2.71 bits per heavy atom. The summed E-state index contributed by atoms with van der Waals surface area (Å²) >= 11 is 0. The molecule has 14 heavy (non-hydrogen) atoms. The van der Waals surface area contributed by atoms with E-state index in [0.29, 0.717) is 6.42 Å². The lowest BCUT2D eigenvalue weighted by atomic mass is 10.0. The highest BCUT2D eigenvalue weighted by Gasteiger charge is 1.97. The van der Waals surface area contributed by atoms with Gasteiger partial charge in [-0.3, -0.25) is 0 Å². The Balaban J connectivity index is 2.74. The predicted octanol–water partition coefficient (Wildman–Crippen LogP) is 2.56. The van der Waals surface area contributed by atoms with E-state index in [4.69, 9.17) is 11.2 Å². The molecule has 0 fully saturated rings. The van der Waals surface area contributed by atoms with Gasteiger partial charge in [0, 0.05) is 6.42 Å². The average Bonchev–Trinajstić information content (AvgIpc) is 2.21. The molecule has 1 aromatic carbocycles. The maximum atomic E-state index is 5.29. The van der Waals surface area contributed by atoms with E-state index in [-0.39, 0.29) is 0 Å². The minimum Gasteiger partial charge on any atom is -0.505 e. The monoisotopic (exact) mass is 186 g/mol. The van der Waals surface area contributed by atoms with Gasteiger partial charge in [0.1, 0.15) is 0 Å². The molecule has 0 amide bonds. The van der Waals surface area contributed by atoms with Crippen LogP contribution in [0.2, 0.25) is 0 Å². The molecule has 0 atom stereocenters. The predicted molar refractivity (Wildman–Crippen MR) is 58.8 cm³/mol. The second-order valence-corrected chi connectivity index (χ2v) is 2.96. The summed E-state index contributed by atoms with van der Waals surface area (Å²) in [5, 5.41) is 0. The molecule has 0 saturated heterocycles. The highest BCUT2D eigenvalue weighted by molar-refractivity contribution is 5.31. The molecule has 0 heterocycles. The van der Waals surface area contributed by atoms with E-state index < -0.39 is 0 Å². The van der Waals surface area contributed by atoms with Gasteiger partial charge in [0.15, 0.2) is 0 Å². The Labute approximate surface area is 85.4 Å². The lowest BCUT2D eigenvalue weighted by Gasteiger charge is -2.03. The van der Waals surface area contributed by atoms with Crippen molar-refractivity contribution in [1.82, 2.24) is 0 Å². The van der Waals surface area contributed by atoms with Crippen molar-refractivity contribution in [3.8, 4) is 12.3 Å². The van der Waals surface area contributed by atoms with Gasteiger partial charge < -0.3 is 4.74 Å². The summed E-state index contributed by atoms with van der Waals surface area (Å²) in [6, 6.07) is 8.19. The number of methoxy groups -OCH3 is 1. The van der Waals surface area contributed by atoms with Crippen LogP contribution in [0.15, 0.2) is 36.6 Å². The maximum Gasteiger partial charge on any atom is 0.0788 e. The van der Waals surface area contributed by atoms with E-state index in [1.54, 1.807) is 13.4 Å². The normalized spacial score (nSPS) is 10.0. The van der Waals surface area contributed by atoms with Gasteiger partial charge in [0.2, 0.25) is 0 Å². The Kier molecular flexibility index (Phi) is 4.37. The smallest absolute Gasteiger partial charge is 0.0788 e. The molecule has 1 nitrogen and oxygen atoms in total. The van der Waals surface area contributed by atoms with Crippen LogP contribution in [0.3, 0.4) is 0 Å². The van der Waals surface area contributed by atoms with E-state index in [1.165, 1.54) is 11.1 Å². The molecule has 0 N–H and O–H groups in total. The van der Waals surface area contributed by atoms with Gasteiger partial charge in [0.25, 0.3) is 0 Å². The van der Waals surface area contributed by atoms with Crippen LogP contribution in [0.5, 0.6) is 0 Å². The second kappa shape index (κ2) is 5.88. The van der Waals surface area contributed by atoms with Crippen LogP contribution in [0, 0.1) is 12.3 Å². The first-order valence-corrected chi connectivity index (χ1v) is 4.56. The zero-order chi connectivity index (χ0) is 10.2. The van der Waals surface area contributed by atoms with Crippen molar-refractivity contribution in [3.63, 3.8) is 0 Å². The molecule has 0 aliphatic carbocycles. The van der Waals surface area contributed by atoms with Crippen LogP contribution in [-0.2, 0) is 17.6 Å². The lowest BCUT2D eigenvalue weighted by molar-refractivity contribution is 0.337. The quantitative estimate of drug-likeness (QED) is 0.518. The third-order valence-corrected chi connectivity index (χ3v) is 1.98. The summed E-state index contributed by atoms with van der Waals surface area (Å²) in [7, 11) is 1.64. The fraction of sp³-hybridized carbons (Fsp3) is 0.231. The highest BCUT2D eigenvalue weighted by atomic mass is 16.5. The molecule has 1 rings (SSSR count). The molecule has 0 aromatic heterocycles. The fourth-order valence-corrected chi connectivity index (χ4v) is 1.31. The standard InChI is InChI=1S/C13H14O/c1-3-7-12-8-4-5-9-13(12)10-6-11-14-2/h1,4-6,8-9,11H,7,10H2,2H3/b11-6+. The van der Waals surface area contributed by atoms with Crippen molar-refractivity contribution in [2.24, 2.45) is 0 Å². The molecule has 0 spiro atoms. The van der Waals surface area contributed by atoms with E-state index in [2.05, 4.69) is 18.1 Å². The van der Waals surface area contributed by atoms with Gasteiger partial charge in [-0.2, -0.15) is 0 Å². The van der Waals surface area contributed by atoms with Crippen LogP contribution in [0.1, 0.15) is 11.1 Å².